The molecule has 0 aromatic heterocycles. The van der Waals surface area contributed by atoms with Crippen LogP contribution in [0.3, 0.4) is 0 Å². The van der Waals surface area contributed by atoms with Gasteiger partial charge in [-0.2, -0.15) is 0 Å². The van der Waals surface area contributed by atoms with Crippen molar-refractivity contribution < 1.29 is 41.7 Å². The topological polar surface area (TPSA) is 109 Å². The third kappa shape index (κ3) is 18.3. The number of methoxy groups -OCH3 is 3. The Morgan fingerprint density at radius 3 is 1.17 bits per heavy atom. The predicted molar refractivity (Wildman–Crippen MR) is 110 cm³/mol. The zero-order chi connectivity index (χ0) is 21.5. The predicted octanol–water partition coefficient (Wildman–Crippen LogP) is 0.313. The zero-order valence-corrected chi connectivity index (χ0v) is 19.4. The second-order valence-electron chi connectivity index (χ2n) is 5.94. The molecule has 0 atom stereocenters. The molecule has 0 spiro atoms. The molecule has 176 valence electrons. The summed E-state index contributed by atoms with van der Waals surface area (Å²) in [5, 5.41) is 0. The Morgan fingerprint density at radius 1 is 0.517 bits per heavy atom. The van der Waals surface area contributed by atoms with Crippen LogP contribution >= 0.6 is 0 Å². The average molecular weight is 444 g/mol. The van der Waals surface area contributed by atoms with Gasteiger partial charge < -0.3 is 47.4 Å². The highest BCUT2D eigenvalue weighted by Crippen LogP contribution is 2.18. The summed E-state index contributed by atoms with van der Waals surface area (Å²) in [7, 11) is 1.97. The van der Waals surface area contributed by atoms with Crippen molar-refractivity contribution in [2.75, 3.05) is 107 Å². The highest BCUT2D eigenvalue weighted by molar-refractivity contribution is 6.60. The molecular weight excluding hydrogens is 402 g/mol. The first kappa shape index (κ1) is 28.8. The monoisotopic (exact) mass is 443 g/mol. The van der Waals surface area contributed by atoms with Crippen LogP contribution in [-0.4, -0.2) is 116 Å². The number of hydrogen-bond acceptors (Lipinski definition) is 10. The van der Waals surface area contributed by atoms with Crippen molar-refractivity contribution in [3.63, 3.8) is 0 Å². The molecule has 11 heteroatoms. The van der Waals surface area contributed by atoms with Gasteiger partial charge in [0, 0.05) is 27.4 Å². The van der Waals surface area contributed by atoms with Crippen molar-refractivity contribution in [2.45, 2.75) is 12.5 Å². The molecule has 0 radical (unpaired) electrons. The van der Waals surface area contributed by atoms with Crippen molar-refractivity contribution >= 4 is 8.80 Å². The highest BCUT2D eigenvalue weighted by atomic mass is 28.4. The Balaban J connectivity index is 4.52. The van der Waals surface area contributed by atoms with Gasteiger partial charge in [-0.25, -0.2) is 0 Å². The first-order chi connectivity index (χ1) is 14.2. The molecule has 0 rings (SSSR count). The Kier molecular flexibility index (Phi) is 22.4. The largest absolute Gasteiger partial charge is 0.501 e. The molecule has 10 nitrogen and oxygen atoms in total. The van der Waals surface area contributed by atoms with Crippen LogP contribution in [-0.2, 0) is 41.7 Å². The third-order valence-electron chi connectivity index (χ3n) is 3.63. The summed E-state index contributed by atoms with van der Waals surface area (Å²) in [5.74, 6) is 0. The van der Waals surface area contributed by atoms with Gasteiger partial charge in [-0.3, -0.25) is 0 Å². The summed E-state index contributed by atoms with van der Waals surface area (Å²) < 4.78 is 49.5. The summed E-state index contributed by atoms with van der Waals surface area (Å²) in [5.41, 5.74) is 5.70. The lowest BCUT2D eigenvalue weighted by atomic mass is 10.5. The minimum absolute atomic E-state index is 0.371. The summed E-state index contributed by atoms with van der Waals surface area (Å²) in [6, 6.07) is 0.623. The minimum atomic E-state index is -2.94. The van der Waals surface area contributed by atoms with E-state index in [1.54, 1.807) is 21.3 Å². The van der Waals surface area contributed by atoms with Crippen LogP contribution in [0.2, 0.25) is 6.04 Å². The van der Waals surface area contributed by atoms with Gasteiger partial charge in [0.15, 0.2) is 0 Å². The van der Waals surface area contributed by atoms with Crippen LogP contribution in [0.1, 0.15) is 6.42 Å². The summed E-state index contributed by atoms with van der Waals surface area (Å²) in [4.78, 5) is 0. The molecule has 0 aromatic carbocycles. The van der Waals surface area contributed by atoms with E-state index in [4.69, 9.17) is 47.4 Å². The molecule has 0 fully saturated rings. The molecule has 0 aliphatic heterocycles. The lowest BCUT2D eigenvalue weighted by Gasteiger charge is -2.30. The summed E-state index contributed by atoms with van der Waals surface area (Å²) in [6.07, 6.45) is 0.742. The van der Waals surface area contributed by atoms with E-state index in [0.29, 0.717) is 91.9 Å². The quantitative estimate of drug-likeness (QED) is 0.165. The van der Waals surface area contributed by atoms with E-state index in [2.05, 4.69) is 0 Å². The first-order valence-electron chi connectivity index (χ1n) is 10.1. The van der Waals surface area contributed by atoms with E-state index in [-0.39, 0.29) is 0 Å². The number of hydrogen-bond donors (Lipinski definition) is 1. The van der Waals surface area contributed by atoms with Crippen LogP contribution in [0.25, 0.3) is 0 Å². The molecule has 29 heavy (non-hydrogen) atoms. The molecule has 0 aliphatic rings. The van der Waals surface area contributed by atoms with Gasteiger partial charge in [0.05, 0.1) is 79.3 Å². The van der Waals surface area contributed by atoms with Crippen molar-refractivity contribution in [2.24, 2.45) is 5.73 Å². The number of ether oxygens (including phenoxy) is 6. The minimum Gasteiger partial charge on any atom is -0.382 e. The van der Waals surface area contributed by atoms with Crippen molar-refractivity contribution in [3.05, 3.63) is 0 Å². The fourth-order valence-corrected chi connectivity index (χ4v) is 4.66. The van der Waals surface area contributed by atoms with E-state index in [9.17, 15) is 0 Å². The Morgan fingerprint density at radius 2 is 0.862 bits per heavy atom. The maximum absolute atomic E-state index is 6.08. The van der Waals surface area contributed by atoms with E-state index in [1.165, 1.54) is 0 Å². The van der Waals surface area contributed by atoms with Gasteiger partial charge >= 0.3 is 8.80 Å². The number of nitrogens with two attached hydrogens (primary N) is 1. The fourth-order valence-electron chi connectivity index (χ4n) is 2.16. The van der Waals surface area contributed by atoms with Gasteiger partial charge in [-0.15, -0.1) is 0 Å². The second kappa shape index (κ2) is 22.5. The van der Waals surface area contributed by atoms with Crippen LogP contribution in [0.5, 0.6) is 0 Å². The molecule has 0 amide bonds. The molecule has 0 aromatic rings. The maximum Gasteiger partial charge on any atom is 0.501 e. The standard InChI is InChI=1S/C18H41NO9Si/c1-20-6-9-23-12-15-26-29(18-4-5-19,27-16-13-24-10-7-21-2)28-17-14-25-11-8-22-3/h4-19H2,1-3H3. The van der Waals surface area contributed by atoms with E-state index in [1.807, 2.05) is 0 Å². The smallest absolute Gasteiger partial charge is 0.382 e. The van der Waals surface area contributed by atoms with Gasteiger partial charge in [-0.1, -0.05) is 0 Å². The number of rotatable bonds is 24. The van der Waals surface area contributed by atoms with Crippen molar-refractivity contribution in [1.29, 1.82) is 0 Å². The molecule has 0 heterocycles. The van der Waals surface area contributed by atoms with E-state index >= 15 is 0 Å². The Bertz CT molecular complexity index is 289. The van der Waals surface area contributed by atoms with Gasteiger partial charge in [0.1, 0.15) is 0 Å². The van der Waals surface area contributed by atoms with Crippen LogP contribution in [0.4, 0.5) is 0 Å². The lowest BCUT2D eigenvalue weighted by molar-refractivity contribution is -0.0111. The van der Waals surface area contributed by atoms with Gasteiger partial charge in [0.2, 0.25) is 0 Å². The summed E-state index contributed by atoms with van der Waals surface area (Å²) in [6.45, 7) is 6.11. The van der Waals surface area contributed by atoms with E-state index < -0.39 is 8.80 Å². The normalized spacial score (nSPS) is 12.0. The Labute approximate surface area is 176 Å². The lowest BCUT2D eigenvalue weighted by Crippen LogP contribution is -2.48. The fraction of sp³-hybridized carbons (Fsp3) is 1.00. The Hall–Kier alpha value is -0.183. The van der Waals surface area contributed by atoms with Gasteiger partial charge in [0.25, 0.3) is 0 Å². The SMILES string of the molecule is COCCOCCO[Si](CCCN)(OCCOCCOC)OCCOCCOC. The van der Waals surface area contributed by atoms with Crippen LogP contribution < -0.4 is 5.73 Å². The molecule has 0 bridgehead atoms. The molecule has 0 unspecified atom stereocenters. The highest BCUT2D eigenvalue weighted by Gasteiger charge is 2.40. The summed E-state index contributed by atoms with van der Waals surface area (Å²) >= 11 is 0. The molecule has 0 saturated heterocycles. The van der Waals surface area contributed by atoms with E-state index in [0.717, 1.165) is 6.42 Å². The van der Waals surface area contributed by atoms with Crippen LogP contribution in [0, 0.1) is 0 Å². The zero-order valence-electron chi connectivity index (χ0n) is 18.4. The molecule has 0 aliphatic carbocycles. The first-order valence-corrected chi connectivity index (χ1v) is 12.0. The van der Waals surface area contributed by atoms with Gasteiger partial charge in [-0.05, 0) is 13.0 Å². The van der Waals surface area contributed by atoms with Crippen molar-refractivity contribution in [3.8, 4) is 0 Å². The second-order valence-corrected chi connectivity index (χ2v) is 8.67. The van der Waals surface area contributed by atoms with Crippen molar-refractivity contribution in [1.82, 2.24) is 0 Å². The molecular formula is C18H41NO9Si. The maximum atomic E-state index is 6.08. The third-order valence-corrected chi connectivity index (χ3v) is 6.53. The molecule has 2 N–H and O–H groups in total. The van der Waals surface area contributed by atoms with Crippen LogP contribution in [0.15, 0.2) is 0 Å². The average Bonchev–Trinajstić information content (AvgIpc) is 2.74. The molecule has 0 saturated carbocycles.